The highest BCUT2D eigenvalue weighted by Gasteiger charge is 2.33. The summed E-state index contributed by atoms with van der Waals surface area (Å²) in [5, 5.41) is 7.31. The number of nitrogens with one attached hydrogen (secondary N) is 1. The minimum Gasteiger partial charge on any atom is -0.347 e. The molecule has 1 fully saturated rings. The Morgan fingerprint density at radius 1 is 1.08 bits per heavy atom. The van der Waals surface area contributed by atoms with Crippen molar-refractivity contribution in [2.75, 3.05) is 0 Å². The quantitative estimate of drug-likeness (QED) is 0.804. The van der Waals surface area contributed by atoms with Gasteiger partial charge in [-0.25, -0.2) is 4.68 Å². The lowest BCUT2D eigenvalue weighted by molar-refractivity contribution is 0.0899. The van der Waals surface area contributed by atoms with E-state index in [1.54, 1.807) is 23.1 Å². The maximum atomic E-state index is 12.5. The zero-order valence-electron chi connectivity index (χ0n) is 13.2. The molecule has 2 unspecified atom stereocenters. The van der Waals surface area contributed by atoms with E-state index in [4.69, 9.17) is 0 Å². The van der Waals surface area contributed by atoms with Gasteiger partial charge in [0.2, 0.25) is 0 Å². The summed E-state index contributed by atoms with van der Waals surface area (Å²) in [7, 11) is 0. The molecule has 0 aliphatic heterocycles. The predicted molar refractivity (Wildman–Crippen MR) is 91.0 cm³/mol. The van der Waals surface area contributed by atoms with E-state index in [0.29, 0.717) is 11.6 Å². The Bertz CT molecular complexity index is 830. The predicted octanol–water partition coefficient (Wildman–Crippen LogP) is 2.94. The summed E-state index contributed by atoms with van der Waals surface area (Å²) < 4.78 is 1.72. The number of amides is 1. The molecule has 0 spiro atoms. The van der Waals surface area contributed by atoms with Gasteiger partial charge in [0.25, 0.3) is 5.91 Å². The van der Waals surface area contributed by atoms with Crippen LogP contribution in [-0.4, -0.2) is 26.7 Å². The normalized spacial score (nSPS) is 19.5. The summed E-state index contributed by atoms with van der Waals surface area (Å²) in [6, 6.07) is 16.0. The van der Waals surface area contributed by atoms with E-state index < -0.39 is 0 Å². The summed E-state index contributed by atoms with van der Waals surface area (Å²) >= 11 is 0. The first-order chi connectivity index (χ1) is 11.8. The first kappa shape index (κ1) is 14.6. The molecule has 1 N–H and O–H groups in total. The number of rotatable bonds is 4. The van der Waals surface area contributed by atoms with Crippen molar-refractivity contribution in [2.45, 2.75) is 24.8 Å². The van der Waals surface area contributed by atoms with E-state index >= 15 is 0 Å². The Morgan fingerprint density at radius 3 is 2.67 bits per heavy atom. The van der Waals surface area contributed by atoms with Gasteiger partial charge >= 0.3 is 0 Å². The molecule has 0 saturated heterocycles. The molecule has 5 heteroatoms. The van der Waals surface area contributed by atoms with E-state index in [-0.39, 0.29) is 11.9 Å². The molecule has 1 aromatic carbocycles. The number of carbonyl (C=O) groups is 1. The Morgan fingerprint density at radius 2 is 1.96 bits per heavy atom. The van der Waals surface area contributed by atoms with Crippen LogP contribution in [0.2, 0.25) is 0 Å². The molecule has 2 atom stereocenters. The van der Waals surface area contributed by atoms with Gasteiger partial charge in [-0.3, -0.25) is 9.78 Å². The molecule has 1 amide bonds. The van der Waals surface area contributed by atoms with E-state index in [1.165, 1.54) is 5.56 Å². The Balaban J connectivity index is 1.48. The average molecular weight is 318 g/mol. The van der Waals surface area contributed by atoms with Crippen molar-refractivity contribution < 1.29 is 4.79 Å². The zero-order chi connectivity index (χ0) is 16.4. The molecule has 1 aliphatic carbocycles. The highest BCUT2D eigenvalue weighted by atomic mass is 16.1. The number of hydrogen-bond acceptors (Lipinski definition) is 3. The second kappa shape index (κ2) is 6.28. The minimum atomic E-state index is -0.130. The highest BCUT2D eigenvalue weighted by Crippen LogP contribution is 2.36. The van der Waals surface area contributed by atoms with Crippen molar-refractivity contribution in [2.24, 2.45) is 0 Å². The Labute approximate surface area is 140 Å². The summed E-state index contributed by atoms with van der Waals surface area (Å²) in [5.41, 5.74) is 2.53. The van der Waals surface area contributed by atoms with Crippen molar-refractivity contribution in [1.82, 2.24) is 20.1 Å². The van der Waals surface area contributed by atoms with Gasteiger partial charge in [-0.1, -0.05) is 30.3 Å². The summed E-state index contributed by atoms with van der Waals surface area (Å²) in [6.07, 6.45) is 7.30. The number of aromatic nitrogens is 3. The van der Waals surface area contributed by atoms with Crippen LogP contribution in [0.3, 0.4) is 0 Å². The fourth-order valence-corrected chi connectivity index (χ4v) is 3.12. The number of carbonyl (C=O) groups excluding carboxylic acids is 1. The molecule has 24 heavy (non-hydrogen) atoms. The molecule has 2 aromatic heterocycles. The van der Waals surface area contributed by atoms with Crippen LogP contribution in [0.1, 0.15) is 34.8 Å². The third-order valence-corrected chi connectivity index (χ3v) is 4.56. The monoisotopic (exact) mass is 318 g/mol. The van der Waals surface area contributed by atoms with Gasteiger partial charge in [0.1, 0.15) is 5.69 Å². The first-order valence-corrected chi connectivity index (χ1v) is 8.13. The minimum absolute atomic E-state index is 0.130. The van der Waals surface area contributed by atoms with Crippen molar-refractivity contribution >= 4 is 5.91 Å². The maximum absolute atomic E-state index is 12.5. The number of nitrogens with zero attached hydrogens (tertiary/aromatic N) is 3. The number of pyridine rings is 1. The van der Waals surface area contributed by atoms with Crippen molar-refractivity contribution in [3.8, 4) is 5.69 Å². The van der Waals surface area contributed by atoms with Crippen LogP contribution in [0, 0.1) is 0 Å². The van der Waals surface area contributed by atoms with Crippen LogP contribution in [-0.2, 0) is 0 Å². The van der Waals surface area contributed by atoms with Crippen LogP contribution in [0.25, 0.3) is 5.69 Å². The SMILES string of the molecule is O=C(NC1CCC1c1ccccc1)c1cc(-n2cccn2)ccn1. The van der Waals surface area contributed by atoms with Gasteiger partial charge in [0.05, 0.1) is 5.69 Å². The second-order valence-electron chi connectivity index (χ2n) is 6.02. The van der Waals surface area contributed by atoms with Gasteiger partial charge < -0.3 is 5.32 Å². The first-order valence-electron chi connectivity index (χ1n) is 8.13. The summed E-state index contributed by atoms with van der Waals surface area (Å²) in [4.78, 5) is 16.7. The standard InChI is InChI=1S/C19H18N4O/c24-19(18-13-15(9-11-20-18)23-12-4-10-21-23)22-17-8-7-16(17)14-5-2-1-3-6-14/h1-6,9-13,16-17H,7-8H2,(H,22,24). The third-order valence-electron chi connectivity index (χ3n) is 4.56. The van der Waals surface area contributed by atoms with Crippen LogP contribution in [0.15, 0.2) is 67.1 Å². The van der Waals surface area contributed by atoms with Crippen molar-refractivity contribution in [3.05, 3.63) is 78.4 Å². The topological polar surface area (TPSA) is 59.8 Å². The second-order valence-corrected chi connectivity index (χ2v) is 6.02. The fraction of sp³-hybridized carbons (Fsp3) is 0.211. The lowest BCUT2D eigenvalue weighted by atomic mass is 9.75. The molecule has 1 saturated carbocycles. The van der Waals surface area contributed by atoms with Gasteiger partial charge in [-0.15, -0.1) is 0 Å². The smallest absolute Gasteiger partial charge is 0.270 e. The fourth-order valence-electron chi connectivity index (χ4n) is 3.12. The molecule has 4 rings (SSSR count). The Kier molecular flexibility index (Phi) is 3.83. The highest BCUT2D eigenvalue weighted by molar-refractivity contribution is 5.93. The zero-order valence-corrected chi connectivity index (χ0v) is 13.2. The van der Waals surface area contributed by atoms with Gasteiger partial charge in [0.15, 0.2) is 0 Å². The summed E-state index contributed by atoms with van der Waals surface area (Å²) in [6.45, 7) is 0. The Hall–Kier alpha value is -2.95. The van der Waals surface area contributed by atoms with Crippen LogP contribution in [0.4, 0.5) is 0 Å². The lowest BCUT2D eigenvalue weighted by Gasteiger charge is -2.37. The lowest BCUT2D eigenvalue weighted by Crippen LogP contribution is -2.45. The average Bonchev–Trinajstić information content (AvgIpc) is 3.14. The van der Waals surface area contributed by atoms with E-state index in [0.717, 1.165) is 18.5 Å². The van der Waals surface area contributed by atoms with Crippen molar-refractivity contribution in [3.63, 3.8) is 0 Å². The van der Waals surface area contributed by atoms with E-state index in [1.807, 2.05) is 36.5 Å². The molecule has 3 aromatic rings. The molecule has 120 valence electrons. The van der Waals surface area contributed by atoms with E-state index in [2.05, 4.69) is 27.5 Å². The number of benzene rings is 1. The molecule has 0 bridgehead atoms. The molecule has 2 heterocycles. The van der Waals surface area contributed by atoms with Gasteiger partial charge in [-0.2, -0.15) is 5.10 Å². The van der Waals surface area contributed by atoms with Crippen LogP contribution >= 0.6 is 0 Å². The molecule has 5 nitrogen and oxygen atoms in total. The number of hydrogen-bond donors (Lipinski definition) is 1. The van der Waals surface area contributed by atoms with E-state index in [9.17, 15) is 4.79 Å². The largest absolute Gasteiger partial charge is 0.347 e. The maximum Gasteiger partial charge on any atom is 0.270 e. The van der Waals surface area contributed by atoms with Crippen LogP contribution in [0.5, 0.6) is 0 Å². The van der Waals surface area contributed by atoms with Crippen molar-refractivity contribution in [1.29, 1.82) is 0 Å². The van der Waals surface area contributed by atoms with Crippen LogP contribution < -0.4 is 5.32 Å². The molecule has 0 radical (unpaired) electrons. The summed E-state index contributed by atoms with van der Waals surface area (Å²) in [5.74, 6) is 0.263. The molecular weight excluding hydrogens is 300 g/mol. The third kappa shape index (κ3) is 2.80. The van der Waals surface area contributed by atoms with Gasteiger partial charge in [-0.05, 0) is 36.6 Å². The molecule has 1 aliphatic rings. The molecular formula is C19H18N4O. The van der Waals surface area contributed by atoms with Gasteiger partial charge in [0, 0.05) is 30.6 Å².